The fourth-order valence-corrected chi connectivity index (χ4v) is 11.0. The van der Waals surface area contributed by atoms with Crippen LogP contribution in [0.15, 0.2) is 156 Å². The molecule has 0 bridgehead atoms. The molecule has 12 rings (SSSR count). The standard InChI is InChI=1S/C35H40FN7O3.C30H32FN7O/c1-35(2,3)46-34(45)42-20-18-41(19-21-42)32-33(44)43(28-14-10-25(11-15-28)30-7-5-17-38-40-30)23-27(39-32)6-4-16-37-31-22-29(31)24-8-12-26(36)13-9-24;31-23-9-5-21(6-10-23)26-19-28(26)33-13-1-3-24-20-38(30(39)29(35-24)37-17-15-32-16-18-37)25-11-7-22(8-12-25)27-4-2-14-34-36-27/h5,7-15,17,23,29,31,37H,4,6,16,18-22H2,1-3H3;2,4-12,14,20,26,28,32-33H,1,3,13,15-19H2/t29-,31+;26-,28+/m00/s1. The van der Waals surface area contributed by atoms with Gasteiger partial charge in [-0.2, -0.15) is 20.4 Å². The van der Waals surface area contributed by atoms with Gasteiger partial charge in [0.25, 0.3) is 11.1 Å². The first-order valence-electron chi connectivity index (χ1n) is 29.5. The van der Waals surface area contributed by atoms with Crippen molar-refractivity contribution in [3.8, 4) is 33.9 Å². The second-order valence-corrected chi connectivity index (χ2v) is 23.1. The zero-order chi connectivity index (χ0) is 58.9. The number of benzene rings is 4. The van der Waals surface area contributed by atoms with Crippen molar-refractivity contribution in [1.29, 1.82) is 0 Å². The molecular formula is C65H72F2N14O4. The smallest absolute Gasteiger partial charge is 0.410 e. The van der Waals surface area contributed by atoms with Gasteiger partial charge >= 0.3 is 6.09 Å². The monoisotopic (exact) mass is 1150 g/mol. The highest BCUT2D eigenvalue weighted by Gasteiger charge is 2.38. The third-order valence-corrected chi connectivity index (χ3v) is 15.8. The lowest BCUT2D eigenvalue weighted by atomic mass is 10.1. The number of rotatable bonds is 18. The summed E-state index contributed by atoms with van der Waals surface area (Å²) in [5, 5.41) is 26.9. The molecule has 2 aliphatic heterocycles. The van der Waals surface area contributed by atoms with E-state index in [1.54, 1.807) is 26.4 Å². The zero-order valence-corrected chi connectivity index (χ0v) is 48.3. The number of aryl methyl sites for hydroxylation is 2. The van der Waals surface area contributed by atoms with Crippen molar-refractivity contribution in [3.63, 3.8) is 0 Å². The normalized spacial score (nSPS) is 18.3. The Labute approximate surface area is 493 Å². The van der Waals surface area contributed by atoms with Gasteiger partial charge in [-0.3, -0.25) is 18.7 Å². The van der Waals surface area contributed by atoms with Crippen molar-refractivity contribution in [3.05, 3.63) is 201 Å². The van der Waals surface area contributed by atoms with E-state index in [9.17, 15) is 23.2 Å². The van der Waals surface area contributed by atoms with Gasteiger partial charge < -0.3 is 35.4 Å². The summed E-state index contributed by atoms with van der Waals surface area (Å²) < 4.78 is 35.5. The Morgan fingerprint density at radius 2 is 1.02 bits per heavy atom. The molecule has 440 valence electrons. The third kappa shape index (κ3) is 15.0. The van der Waals surface area contributed by atoms with Gasteiger partial charge in [-0.15, -0.1) is 0 Å². The Hall–Kier alpha value is -8.59. The van der Waals surface area contributed by atoms with Crippen LogP contribution in [0.1, 0.15) is 80.8 Å². The van der Waals surface area contributed by atoms with Gasteiger partial charge in [0.2, 0.25) is 0 Å². The second-order valence-electron chi connectivity index (χ2n) is 23.1. The van der Waals surface area contributed by atoms with E-state index in [4.69, 9.17) is 14.7 Å². The minimum atomic E-state index is -0.573. The predicted molar refractivity (Wildman–Crippen MR) is 325 cm³/mol. The van der Waals surface area contributed by atoms with Crippen LogP contribution in [0.25, 0.3) is 33.9 Å². The van der Waals surface area contributed by atoms with Crippen molar-refractivity contribution < 1.29 is 18.3 Å². The van der Waals surface area contributed by atoms with Crippen LogP contribution in [-0.4, -0.2) is 134 Å². The first-order chi connectivity index (χ1) is 41.3. The molecule has 4 fully saturated rings. The van der Waals surface area contributed by atoms with E-state index in [1.807, 2.05) is 135 Å². The number of carbonyl (C=O) groups excluding carboxylic acids is 1. The molecule has 2 aliphatic carbocycles. The molecule has 2 saturated heterocycles. The minimum Gasteiger partial charge on any atom is -0.444 e. The molecule has 8 aromatic rings. The van der Waals surface area contributed by atoms with Crippen molar-refractivity contribution in [2.24, 2.45) is 0 Å². The van der Waals surface area contributed by atoms with Gasteiger partial charge in [0, 0.05) is 124 Å². The third-order valence-electron chi connectivity index (χ3n) is 15.8. The van der Waals surface area contributed by atoms with Crippen LogP contribution in [0.3, 0.4) is 0 Å². The summed E-state index contributed by atoms with van der Waals surface area (Å²) in [5.74, 6) is 1.35. The molecule has 1 amide bonds. The van der Waals surface area contributed by atoms with Gasteiger partial charge in [0.05, 0.1) is 22.8 Å². The maximum absolute atomic E-state index is 13.9. The molecule has 20 heteroatoms. The first kappa shape index (κ1) is 58.2. The highest BCUT2D eigenvalue weighted by atomic mass is 19.1. The topological polar surface area (TPSA) is 193 Å². The fraction of sp³-hybridized carbons (Fsp3) is 0.369. The van der Waals surface area contributed by atoms with Gasteiger partial charge in [-0.25, -0.2) is 23.5 Å². The number of halogens is 2. The van der Waals surface area contributed by atoms with Crippen LogP contribution in [0.2, 0.25) is 0 Å². The summed E-state index contributed by atoms with van der Waals surface area (Å²) >= 11 is 0. The predicted octanol–water partition coefficient (Wildman–Crippen LogP) is 8.28. The molecule has 0 unspecified atom stereocenters. The van der Waals surface area contributed by atoms with Crippen LogP contribution in [0.4, 0.5) is 25.2 Å². The summed E-state index contributed by atoms with van der Waals surface area (Å²) in [6.07, 6.45) is 12.0. The Bertz CT molecular complexity index is 3630. The molecule has 85 heavy (non-hydrogen) atoms. The first-order valence-corrected chi connectivity index (χ1v) is 29.5. The molecule has 4 aromatic carbocycles. The maximum atomic E-state index is 13.9. The lowest BCUT2D eigenvalue weighted by Crippen LogP contribution is -2.51. The SMILES string of the molecule is CC(C)(C)OC(=O)N1CCN(c2nc(CCCN[C@@H]3C[C@H]3c3ccc(F)cc3)cn(-c3ccc(-c4cccnn4)cc3)c2=O)CC1.O=c1c(N2CCNCC2)nc(CCCN[C@@H]2C[C@H]2c2ccc(F)cc2)cn1-c1ccc(-c2cccnn2)cc1. The number of ether oxygens (including phenoxy) is 1. The summed E-state index contributed by atoms with van der Waals surface area (Å²) in [6.45, 7) is 12.2. The van der Waals surface area contributed by atoms with E-state index in [2.05, 4.69) is 41.2 Å². The minimum absolute atomic E-state index is 0.105. The van der Waals surface area contributed by atoms with Crippen LogP contribution < -0.4 is 36.9 Å². The van der Waals surface area contributed by atoms with Crippen LogP contribution in [0.5, 0.6) is 0 Å². The molecule has 3 N–H and O–H groups in total. The van der Waals surface area contributed by atoms with E-state index >= 15 is 0 Å². The van der Waals surface area contributed by atoms with E-state index in [1.165, 1.54) is 29.8 Å². The quantitative estimate of drug-likeness (QED) is 0.0695. The molecule has 0 radical (unpaired) electrons. The summed E-state index contributed by atoms with van der Waals surface area (Å²) in [7, 11) is 0. The summed E-state index contributed by atoms with van der Waals surface area (Å²) in [5.41, 5.74) is 8.10. The van der Waals surface area contributed by atoms with Gasteiger partial charge in [-0.05, 0) is 156 Å². The van der Waals surface area contributed by atoms with E-state index < -0.39 is 5.60 Å². The zero-order valence-electron chi connectivity index (χ0n) is 48.3. The number of aromatic nitrogens is 8. The van der Waals surface area contributed by atoms with Crippen LogP contribution >= 0.6 is 0 Å². The molecular weight excluding hydrogens is 1080 g/mol. The Kier molecular flexibility index (Phi) is 18.2. The molecule has 6 heterocycles. The van der Waals surface area contributed by atoms with Crippen molar-refractivity contribution in [1.82, 2.24) is 60.3 Å². The number of hydrogen-bond donors (Lipinski definition) is 3. The number of carbonyl (C=O) groups is 1. The fourth-order valence-electron chi connectivity index (χ4n) is 11.0. The largest absolute Gasteiger partial charge is 0.444 e. The van der Waals surface area contributed by atoms with Gasteiger partial charge in [0.15, 0.2) is 11.6 Å². The average molecular weight is 1150 g/mol. The number of hydrogen-bond acceptors (Lipinski definition) is 15. The molecule has 0 spiro atoms. The number of nitrogens with zero attached hydrogens (tertiary/aromatic N) is 11. The Morgan fingerprint density at radius 3 is 1.44 bits per heavy atom. The number of amides is 1. The summed E-state index contributed by atoms with van der Waals surface area (Å²) in [6, 6.07) is 37.4. The van der Waals surface area contributed by atoms with Crippen molar-refractivity contribution in [2.75, 3.05) is 75.2 Å². The van der Waals surface area contributed by atoms with E-state index in [0.717, 1.165) is 122 Å². The van der Waals surface area contributed by atoms with Crippen molar-refractivity contribution >= 4 is 17.7 Å². The molecule has 18 nitrogen and oxygen atoms in total. The van der Waals surface area contributed by atoms with E-state index in [-0.39, 0.29) is 28.8 Å². The Morgan fingerprint density at radius 1 is 0.588 bits per heavy atom. The van der Waals surface area contributed by atoms with Crippen LogP contribution in [0, 0.1) is 11.6 Å². The van der Waals surface area contributed by atoms with Crippen LogP contribution in [-0.2, 0) is 17.6 Å². The van der Waals surface area contributed by atoms with Crippen molar-refractivity contribution in [2.45, 2.75) is 88.8 Å². The van der Waals surface area contributed by atoms with Gasteiger partial charge in [0.1, 0.15) is 17.2 Å². The number of piperazine rings is 2. The summed E-state index contributed by atoms with van der Waals surface area (Å²) in [4.78, 5) is 55.5. The molecule has 4 atom stereocenters. The molecule has 4 aliphatic rings. The molecule has 2 saturated carbocycles. The second kappa shape index (κ2) is 26.5. The maximum Gasteiger partial charge on any atom is 0.410 e. The number of anilines is 2. The molecule has 4 aromatic heterocycles. The lowest BCUT2D eigenvalue weighted by Gasteiger charge is -2.36. The van der Waals surface area contributed by atoms with E-state index in [0.29, 0.717) is 68.2 Å². The number of nitrogens with one attached hydrogen (secondary N) is 3. The highest BCUT2D eigenvalue weighted by molar-refractivity contribution is 5.68. The highest BCUT2D eigenvalue weighted by Crippen LogP contribution is 2.41. The van der Waals surface area contributed by atoms with Gasteiger partial charge in [-0.1, -0.05) is 48.5 Å². The Balaban J connectivity index is 0.000000179. The average Bonchev–Trinajstić information content (AvgIpc) is 4.42. The lowest BCUT2D eigenvalue weighted by molar-refractivity contribution is 0.0240.